The molecule has 0 saturated carbocycles. The molecule has 1 aliphatic heterocycles. The Labute approximate surface area is 126 Å². The Morgan fingerprint density at radius 2 is 2.15 bits per heavy atom. The lowest BCUT2D eigenvalue weighted by molar-refractivity contribution is -0.125. The maximum Gasteiger partial charge on any atom is 0.319 e. The van der Waals surface area contributed by atoms with Gasteiger partial charge in [-0.15, -0.1) is 0 Å². The molecule has 3 N–H and O–H groups in total. The van der Waals surface area contributed by atoms with Gasteiger partial charge in [0.15, 0.2) is 0 Å². The number of carbonyl (C=O) groups excluding carboxylic acids is 2. The van der Waals surface area contributed by atoms with Gasteiger partial charge in [-0.05, 0) is 43.0 Å². The summed E-state index contributed by atoms with van der Waals surface area (Å²) in [4.78, 5) is 23.7. The second kappa shape index (κ2) is 6.26. The number of halogens is 1. The van der Waals surface area contributed by atoms with Gasteiger partial charge in [-0.3, -0.25) is 4.79 Å². The molecular formula is C14H18BrN3O2. The first-order valence-corrected chi connectivity index (χ1v) is 7.37. The van der Waals surface area contributed by atoms with E-state index >= 15 is 0 Å². The van der Waals surface area contributed by atoms with Crippen LogP contribution in [0.1, 0.15) is 18.9 Å². The summed E-state index contributed by atoms with van der Waals surface area (Å²) in [5.74, 6) is 0.0167. The Morgan fingerprint density at radius 1 is 1.40 bits per heavy atom. The summed E-state index contributed by atoms with van der Waals surface area (Å²) in [6.45, 7) is 4.59. The van der Waals surface area contributed by atoms with Crippen molar-refractivity contribution in [2.75, 3.05) is 11.9 Å². The first kappa shape index (κ1) is 14.8. The number of hydrogen-bond acceptors (Lipinski definition) is 2. The van der Waals surface area contributed by atoms with Gasteiger partial charge >= 0.3 is 6.03 Å². The van der Waals surface area contributed by atoms with Gasteiger partial charge in [0.1, 0.15) is 6.04 Å². The number of anilines is 1. The molecule has 1 aliphatic rings. The number of urea groups is 1. The van der Waals surface area contributed by atoms with Crippen LogP contribution in [0.25, 0.3) is 0 Å². The molecular weight excluding hydrogens is 322 g/mol. The molecule has 0 radical (unpaired) electrons. The van der Waals surface area contributed by atoms with Crippen LogP contribution in [0.2, 0.25) is 0 Å². The summed E-state index contributed by atoms with van der Waals surface area (Å²) < 4.78 is 0.900. The van der Waals surface area contributed by atoms with E-state index in [-0.39, 0.29) is 17.9 Å². The average molecular weight is 340 g/mol. The van der Waals surface area contributed by atoms with Gasteiger partial charge in [-0.1, -0.05) is 22.9 Å². The fourth-order valence-electron chi connectivity index (χ4n) is 2.28. The Morgan fingerprint density at radius 3 is 2.80 bits per heavy atom. The Hall–Kier alpha value is -1.56. The van der Waals surface area contributed by atoms with Crippen molar-refractivity contribution < 1.29 is 9.59 Å². The van der Waals surface area contributed by atoms with Crippen molar-refractivity contribution in [1.82, 2.24) is 10.6 Å². The minimum absolute atomic E-state index is 0.121. The van der Waals surface area contributed by atoms with Crippen LogP contribution in [0.4, 0.5) is 10.5 Å². The molecule has 2 atom stereocenters. The zero-order valence-electron chi connectivity index (χ0n) is 11.5. The molecule has 3 amide bonds. The lowest BCUT2D eigenvalue weighted by Crippen LogP contribution is -2.55. The van der Waals surface area contributed by atoms with E-state index in [0.717, 1.165) is 16.5 Å². The van der Waals surface area contributed by atoms with Gasteiger partial charge in [0.05, 0.1) is 0 Å². The van der Waals surface area contributed by atoms with Gasteiger partial charge < -0.3 is 16.0 Å². The Bertz CT molecular complexity index is 513. The molecule has 1 aromatic rings. The number of aryl methyl sites for hydroxylation is 1. The van der Waals surface area contributed by atoms with Crippen LogP contribution in [0.3, 0.4) is 0 Å². The fourth-order valence-corrected chi connectivity index (χ4v) is 2.89. The molecule has 6 heteroatoms. The van der Waals surface area contributed by atoms with Crippen LogP contribution >= 0.6 is 15.9 Å². The summed E-state index contributed by atoms with van der Waals surface area (Å²) in [6.07, 6.45) is 0.868. The van der Waals surface area contributed by atoms with Gasteiger partial charge in [0.25, 0.3) is 0 Å². The highest BCUT2D eigenvalue weighted by Crippen LogP contribution is 2.19. The third-order valence-corrected chi connectivity index (χ3v) is 3.79. The summed E-state index contributed by atoms with van der Waals surface area (Å²) in [6, 6.07) is 4.80. The Kier molecular flexibility index (Phi) is 4.65. The monoisotopic (exact) mass is 339 g/mol. The lowest BCUT2D eigenvalue weighted by Gasteiger charge is -2.28. The van der Waals surface area contributed by atoms with Crippen molar-refractivity contribution in [1.29, 1.82) is 0 Å². The van der Waals surface area contributed by atoms with Crippen molar-refractivity contribution in [3.8, 4) is 0 Å². The number of carbonyl (C=O) groups is 2. The zero-order valence-corrected chi connectivity index (χ0v) is 13.1. The second-order valence-corrected chi connectivity index (χ2v) is 6.07. The molecule has 0 aliphatic carbocycles. The van der Waals surface area contributed by atoms with Crippen molar-refractivity contribution in [2.45, 2.75) is 26.3 Å². The second-order valence-electron chi connectivity index (χ2n) is 5.15. The molecule has 1 saturated heterocycles. The number of hydrogen-bond donors (Lipinski definition) is 3. The van der Waals surface area contributed by atoms with Gasteiger partial charge in [-0.25, -0.2) is 4.79 Å². The summed E-state index contributed by atoms with van der Waals surface area (Å²) in [5.41, 5.74) is 1.73. The average Bonchev–Trinajstić information content (AvgIpc) is 2.32. The van der Waals surface area contributed by atoms with Crippen LogP contribution in [-0.4, -0.2) is 24.5 Å². The standard InChI is InChI=1S/C14H18BrN3O2/c1-8-5-10(15)7-11(6-8)17-14(20)18-12-9(2)3-4-16-13(12)19/h5-7,9,12H,3-4H2,1-2H3,(H,16,19)(H2,17,18,20)/t9-,12-/m1/s1. The largest absolute Gasteiger partial charge is 0.354 e. The minimum atomic E-state index is -0.475. The third-order valence-electron chi connectivity index (χ3n) is 3.34. The maximum atomic E-state index is 12.0. The van der Waals surface area contributed by atoms with E-state index in [0.29, 0.717) is 12.2 Å². The van der Waals surface area contributed by atoms with E-state index < -0.39 is 6.04 Å². The van der Waals surface area contributed by atoms with Crippen molar-refractivity contribution in [2.24, 2.45) is 5.92 Å². The van der Waals surface area contributed by atoms with E-state index in [1.54, 1.807) is 0 Å². The number of amides is 3. The number of piperidine rings is 1. The molecule has 0 spiro atoms. The molecule has 0 unspecified atom stereocenters. The maximum absolute atomic E-state index is 12.0. The third kappa shape index (κ3) is 3.72. The number of rotatable bonds is 2. The smallest absolute Gasteiger partial charge is 0.319 e. The lowest BCUT2D eigenvalue weighted by atomic mass is 9.94. The summed E-state index contributed by atoms with van der Waals surface area (Å²) in [7, 11) is 0. The van der Waals surface area contributed by atoms with Crippen molar-refractivity contribution in [3.05, 3.63) is 28.2 Å². The highest BCUT2D eigenvalue weighted by atomic mass is 79.9. The number of nitrogens with one attached hydrogen (secondary N) is 3. The van der Waals surface area contributed by atoms with E-state index in [9.17, 15) is 9.59 Å². The minimum Gasteiger partial charge on any atom is -0.354 e. The van der Waals surface area contributed by atoms with E-state index in [1.807, 2.05) is 32.0 Å². The molecule has 2 rings (SSSR count). The molecule has 108 valence electrons. The Balaban J connectivity index is 1.99. The molecule has 1 heterocycles. The summed E-state index contributed by atoms with van der Waals surface area (Å²) >= 11 is 3.38. The topological polar surface area (TPSA) is 70.2 Å². The van der Waals surface area contributed by atoms with Gasteiger partial charge in [-0.2, -0.15) is 0 Å². The van der Waals surface area contributed by atoms with E-state index in [4.69, 9.17) is 0 Å². The van der Waals surface area contributed by atoms with Gasteiger partial charge in [0, 0.05) is 16.7 Å². The van der Waals surface area contributed by atoms with Gasteiger partial charge in [0.2, 0.25) is 5.91 Å². The first-order chi connectivity index (χ1) is 9.45. The highest BCUT2D eigenvalue weighted by molar-refractivity contribution is 9.10. The van der Waals surface area contributed by atoms with E-state index in [1.165, 1.54) is 0 Å². The normalized spacial score (nSPS) is 22.1. The van der Waals surface area contributed by atoms with E-state index in [2.05, 4.69) is 31.9 Å². The molecule has 5 nitrogen and oxygen atoms in total. The predicted octanol–water partition coefficient (Wildman–Crippen LogP) is 2.40. The molecule has 1 aromatic carbocycles. The number of benzene rings is 1. The predicted molar refractivity (Wildman–Crippen MR) is 81.6 cm³/mol. The van der Waals surface area contributed by atoms with Crippen LogP contribution < -0.4 is 16.0 Å². The van der Waals surface area contributed by atoms with Crippen LogP contribution in [-0.2, 0) is 4.79 Å². The quantitative estimate of drug-likeness (QED) is 0.774. The summed E-state index contributed by atoms with van der Waals surface area (Å²) in [5, 5.41) is 8.24. The van der Waals surface area contributed by atoms with Crippen LogP contribution in [0.15, 0.2) is 22.7 Å². The molecule has 0 aromatic heterocycles. The molecule has 0 bridgehead atoms. The van der Waals surface area contributed by atoms with Crippen molar-refractivity contribution in [3.63, 3.8) is 0 Å². The molecule has 1 fully saturated rings. The van der Waals surface area contributed by atoms with Crippen LogP contribution in [0, 0.1) is 12.8 Å². The highest BCUT2D eigenvalue weighted by Gasteiger charge is 2.30. The zero-order chi connectivity index (χ0) is 14.7. The van der Waals surface area contributed by atoms with Crippen molar-refractivity contribution >= 4 is 33.6 Å². The first-order valence-electron chi connectivity index (χ1n) is 6.58. The van der Waals surface area contributed by atoms with Crippen LogP contribution in [0.5, 0.6) is 0 Å². The molecule has 20 heavy (non-hydrogen) atoms. The SMILES string of the molecule is Cc1cc(Br)cc(NC(=O)N[C@H]2C(=O)NCC[C@H]2C)c1. The fraction of sp³-hybridized carbons (Fsp3) is 0.429.